The van der Waals surface area contributed by atoms with Gasteiger partial charge in [-0.2, -0.15) is 5.10 Å². The van der Waals surface area contributed by atoms with Gasteiger partial charge in [0.1, 0.15) is 5.70 Å². The van der Waals surface area contributed by atoms with Crippen LogP contribution in [0.4, 0.5) is 0 Å². The summed E-state index contributed by atoms with van der Waals surface area (Å²) in [5.74, 6) is -0.102. The molecule has 1 N–H and O–H groups in total. The van der Waals surface area contributed by atoms with Crippen molar-refractivity contribution in [2.45, 2.75) is 13.3 Å². The second-order valence-electron chi connectivity index (χ2n) is 4.63. The maximum absolute atomic E-state index is 12.3. The Morgan fingerprint density at radius 2 is 2.30 bits per heavy atom. The number of aromatic nitrogens is 2. The van der Waals surface area contributed by atoms with Crippen LogP contribution in [-0.4, -0.2) is 46.0 Å². The lowest BCUT2D eigenvalue weighted by atomic mass is 10.2. The van der Waals surface area contributed by atoms with Crippen LogP contribution in [0, 0.1) is 6.92 Å². The largest absolute Gasteiger partial charge is 0.385 e. The summed E-state index contributed by atoms with van der Waals surface area (Å²) in [4.78, 5) is 13.8. The van der Waals surface area contributed by atoms with Crippen molar-refractivity contribution in [3.63, 3.8) is 0 Å². The monoisotopic (exact) mass is 294 g/mol. The van der Waals surface area contributed by atoms with Gasteiger partial charge in [-0.25, -0.2) is 0 Å². The number of amides is 1. The Morgan fingerprint density at radius 1 is 1.55 bits per heavy atom. The van der Waals surface area contributed by atoms with Crippen molar-refractivity contribution in [3.8, 4) is 0 Å². The van der Waals surface area contributed by atoms with E-state index in [9.17, 15) is 4.79 Å². The number of nitrogens with one attached hydrogen (secondary N) is 1. The van der Waals surface area contributed by atoms with Crippen molar-refractivity contribution in [1.29, 1.82) is 0 Å². The number of aryl methyl sites for hydroxylation is 2. The lowest BCUT2D eigenvalue weighted by Gasteiger charge is -2.12. The SMILES string of the molecule is COCCCN1C(=O)C(=Cc2cn(C)nc2C)NC1=S. The third-order valence-electron chi connectivity index (χ3n) is 3.04. The maximum Gasteiger partial charge on any atom is 0.276 e. The van der Waals surface area contributed by atoms with E-state index in [0.717, 1.165) is 17.7 Å². The fourth-order valence-electron chi connectivity index (χ4n) is 2.06. The van der Waals surface area contributed by atoms with E-state index in [0.29, 0.717) is 24.0 Å². The first kappa shape index (κ1) is 14.7. The lowest BCUT2D eigenvalue weighted by Crippen LogP contribution is -2.32. The van der Waals surface area contributed by atoms with Crippen molar-refractivity contribution in [3.05, 3.63) is 23.2 Å². The molecule has 0 bridgehead atoms. The van der Waals surface area contributed by atoms with Crippen molar-refractivity contribution in [2.24, 2.45) is 7.05 Å². The van der Waals surface area contributed by atoms with Gasteiger partial charge >= 0.3 is 0 Å². The molecule has 1 amide bonds. The molecule has 1 aliphatic heterocycles. The summed E-state index contributed by atoms with van der Waals surface area (Å²) in [6, 6.07) is 0. The van der Waals surface area contributed by atoms with Crippen molar-refractivity contribution < 1.29 is 9.53 Å². The summed E-state index contributed by atoms with van der Waals surface area (Å²) in [6.45, 7) is 3.07. The first-order valence-corrected chi connectivity index (χ1v) is 6.77. The van der Waals surface area contributed by atoms with Gasteiger partial charge in [0.25, 0.3) is 5.91 Å². The van der Waals surface area contributed by atoms with Gasteiger partial charge < -0.3 is 10.1 Å². The van der Waals surface area contributed by atoms with E-state index >= 15 is 0 Å². The zero-order chi connectivity index (χ0) is 14.7. The smallest absolute Gasteiger partial charge is 0.276 e. The van der Waals surface area contributed by atoms with Gasteiger partial charge in [-0.3, -0.25) is 14.4 Å². The van der Waals surface area contributed by atoms with Crippen molar-refractivity contribution in [1.82, 2.24) is 20.0 Å². The molecule has 108 valence electrons. The highest BCUT2D eigenvalue weighted by atomic mass is 32.1. The minimum Gasteiger partial charge on any atom is -0.385 e. The van der Waals surface area contributed by atoms with E-state index in [2.05, 4.69) is 10.4 Å². The summed E-state index contributed by atoms with van der Waals surface area (Å²) in [5.41, 5.74) is 2.27. The molecule has 0 atom stereocenters. The molecule has 7 heteroatoms. The molecule has 20 heavy (non-hydrogen) atoms. The Kier molecular flexibility index (Phi) is 4.51. The molecule has 0 radical (unpaired) electrons. The number of rotatable bonds is 5. The highest BCUT2D eigenvalue weighted by molar-refractivity contribution is 7.80. The number of methoxy groups -OCH3 is 1. The molecule has 2 rings (SSSR count). The van der Waals surface area contributed by atoms with Crippen LogP contribution in [0.1, 0.15) is 17.7 Å². The van der Waals surface area contributed by atoms with E-state index in [1.54, 1.807) is 22.8 Å². The van der Waals surface area contributed by atoms with E-state index < -0.39 is 0 Å². The molecule has 0 unspecified atom stereocenters. The summed E-state index contributed by atoms with van der Waals surface area (Å²) >= 11 is 5.19. The Hall–Kier alpha value is -1.73. The number of nitrogens with zero attached hydrogens (tertiary/aromatic N) is 3. The second kappa shape index (κ2) is 6.15. The van der Waals surface area contributed by atoms with Crippen molar-refractivity contribution >= 4 is 29.3 Å². The van der Waals surface area contributed by atoms with Gasteiger partial charge in [-0.15, -0.1) is 0 Å². The number of carbonyl (C=O) groups excluding carboxylic acids is 1. The average molecular weight is 294 g/mol. The van der Waals surface area contributed by atoms with Gasteiger partial charge in [-0.05, 0) is 31.6 Å². The molecule has 0 saturated carbocycles. The van der Waals surface area contributed by atoms with Crippen LogP contribution < -0.4 is 5.32 Å². The van der Waals surface area contributed by atoms with Gasteiger partial charge in [0.2, 0.25) is 0 Å². The van der Waals surface area contributed by atoms with E-state index in [4.69, 9.17) is 17.0 Å². The Labute approximate surface area is 123 Å². The minimum atomic E-state index is -0.102. The first-order chi connectivity index (χ1) is 9.52. The van der Waals surface area contributed by atoms with E-state index in [1.807, 2.05) is 20.2 Å². The molecule has 1 aliphatic rings. The highest BCUT2D eigenvalue weighted by Gasteiger charge is 2.30. The van der Waals surface area contributed by atoms with Crippen LogP contribution in [0.5, 0.6) is 0 Å². The van der Waals surface area contributed by atoms with E-state index in [-0.39, 0.29) is 5.91 Å². The minimum absolute atomic E-state index is 0.102. The van der Waals surface area contributed by atoms with Gasteiger partial charge in [0.05, 0.1) is 5.69 Å². The molecule has 6 nitrogen and oxygen atoms in total. The standard InChI is InChI=1S/C13H18N4O2S/c1-9-10(8-16(2)15-9)7-11-12(18)17(13(20)14-11)5-4-6-19-3/h7-8H,4-6H2,1-3H3,(H,14,20). The highest BCUT2D eigenvalue weighted by Crippen LogP contribution is 2.16. The number of ether oxygens (including phenoxy) is 1. The fourth-order valence-corrected chi connectivity index (χ4v) is 2.34. The third-order valence-corrected chi connectivity index (χ3v) is 3.37. The molecule has 0 aliphatic carbocycles. The molecule has 0 aromatic carbocycles. The molecule has 1 aromatic heterocycles. The molecule has 0 spiro atoms. The quantitative estimate of drug-likeness (QED) is 0.495. The number of thiocarbonyl (C=S) groups is 1. The summed E-state index contributed by atoms with van der Waals surface area (Å²) in [5, 5.41) is 7.65. The second-order valence-corrected chi connectivity index (χ2v) is 5.02. The Morgan fingerprint density at radius 3 is 2.90 bits per heavy atom. The molecular weight excluding hydrogens is 276 g/mol. The molecular formula is C13H18N4O2S. The Bertz CT molecular complexity index is 565. The molecule has 1 fully saturated rings. The van der Waals surface area contributed by atoms with Crippen LogP contribution in [0.25, 0.3) is 6.08 Å². The van der Waals surface area contributed by atoms with Crippen LogP contribution in [0.2, 0.25) is 0 Å². The number of hydrogen-bond acceptors (Lipinski definition) is 4. The normalized spacial score (nSPS) is 17.1. The van der Waals surface area contributed by atoms with Crippen molar-refractivity contribution in [2.75, 3.05) is 20.3 Å². The number of carbonyl (C=O) groups is 1. The third kappa shape index (κ3) is 3.05. The zero-order valence-electron chi connectivity index (χ0n) is 11.8. The zero-order valence-corrected chi connectivity index (χ0v) is 12.7. The topological polar surface area (TPSA) is 59.4 Å². The predicted octanol–water partition coefficient (Wildman–Crippen LogP) is 0.823. The predicted molar refractivity (Wildman–Crippen MR) is 79.9 cm³/mol. The first-order valence-electron chi connectivity index (χ1n) is 6.36. The van der Waals surface area contributed by atoms with Gasteiger partial charge in [0, 0.05) is 39.1 Å². The van der Waals surface area contributed by atoms with Crippen LogP contribution in [-0.2, 0) is 16.6 Å². The summed E-state index contributed by atoms with van der Waals surface area (Å²) in [6.07, 6.45) is 4.41. The summed E-state index contributed by atoms with van der Waals surface area (Å²) in [7, 11) is 3.49. The summed E-state index contributed by atoms with van der Waals surface area (Å²) < 4.78 is 6.70. The van der Waals surface area contributed by atoms with E-state index in [1.165, 1.54) is 0 Å². The Balaban J connectivity index is 2.13. The maximum atomic E-state index is 12.3. The molecule has 1 aromatic rings. The number of hydrogen-bond donors (Lipinski definition) is 1. The molecule has 2 heterocycles. The van der Waals surface area contributed by atoms with Gasteiger partial charge in [0.15, 0.2) is 5.11 Å². The average Bonchev–Trinajstić information content (AvgIpc) is 2.83. The fraction of sp³-hybridized carbons (Fsp3) is 0.462. The lowest BCUT2D eigenvalue weighted by molar-refractivity contribution is -0.122. The van der Waals surface area contributed by atoms with Gasteiger partial charge in [-0.1, -0.05) is 0 Å². The van der Waals surface area contributed by atoms with Crippen LogP contribution >= 0.6 is 12.2 Å². The molecule has 1 saturated heterocycles. The van der Waals surface area contributed by atoms with Crippen LogP contribution in [0.3, 0.4) is 0 Å². The van der Waals surface area contributed by atoms with Crippen LogP contribution in [0.15, 0.2) is 11.9 Å².